The second-order valence-electron chi connectivity index (χ2n) is 5.47. The Bertz CT molecular complexity index is 342. The fraction of sp³-hybridized carbons (Fsp3) is 0.611. The van der Waals surface area contributed by atoms with E-state index in [1.54, 1.807) is 0 Å². The van der Waals surface area contributed by atoms with Crippen LogP contribution < -0.4 is 0 Å². The second kappa shape index (κ2) is 9.77. The number of carbonyl (C=O) groups excluding carboxylic acids is 1. The van der Waals surface area contributed by atoms with E-state index in [-0.39, 0.29) is 5.92 Å². The molecule has 0 fully saturated rings. The van der Waals surface area contributed by atoms with Gasteiger partial charge in [0.15, 0.2) is 0 Å². The maximum Gasteiger partial charge on any atom is 0.140 e. The summed E-state index contributed by atoms with van der Waals surface area (Å²) < 4.78 is 0. The van der Waals surface area contributed by atoms with Crippen LogP contribution in [0.2, 0.25) is 0 Å². The maximum atomic E-state index is 12.1. The lowest BCUT2D eigenvalue weighted by molar-refractivity contribution is -0.120. The lowest BCUT2D eigenvalue weighted by atomic mass is 9.93. The number of rotatable bonds is 10. The normalized spacial score (nSPS) is 12.3. The average Bonchev–Trinajstić information content (AvgIpc) is 2.46. The van der Waals surface area contributed by atoms with Gasteiger partial charge in [0.2, 0.25) is 0 Å². The molecule has 0 heterocycles. The zero-order chi connectivity index (χ0) is 13.9. The van der Waals surface area contributed by atoms with Gasteiger partial charge in [0, 0.05) is 12.3 Å². The second-order valence-corrected chi connectivity index (χ2v) is 5.47. The fourth-order valence-electron chi connectivity index (χ4n) is 2.40. The Labute approximate surface area is 118 Å². The molecular formula is C18H28O. The molecule has 0 N–H and O–H groups in total. The third-order valence-corrected chi connectivity index (χ3v) is 3.81. The van der Waals surface area contributed by atoms with Crippen LogP contribution in [0, 0.1) is 0 Å². The molecule has 1 unspecified atom stereocenters. The number of unbranched alkanes of at least 4 members (excludes halogenated alkanes) is 6. The zero-order valence-corrected chi connectivity index (χ0v) is 12.5. The van der Waals surface area contributed by atoms with Crippen LogP contribution in [0.25, 0.3) is 0 Å². The van der Waals surface area contributed by atoms with Gasteiger partial charge in [-0.1, -0.05) is 82.7 Å². The summed E-state index contributed by atoms with van der Waals surface area (Å²) in [6.07, 6.45) is 9.62. The number of Topliss-reactive ketones (excluding diaryl/α,β-unsaturated/α-hetero) is 1. The molecule has 0 amide bonds. The van der Waals surface area contributed by atoms with E-state index in [9.17, 15) is 4.79 Å². The van der Waals surface area contributed by atoms with E-state index in [2.05, 4.69) is 6.92 Å². The molecule has 1 aromatic carbocycles. The molecule has 0 aliphatic carbocycles. The highest BCUT2D eigenvalue weighted by molar-refractivity contribution is 5.85. The summed E-state index contributed by atoms with van der Waals surface area (Å²) in [5, 5.41) is 0. The van der Waals surface area contributed by atoms with Crippen LogP contribution in [0.4, 0.5) is 0 Å². The van der Waals surface area contributed by atoms with Crippen LogP contribution in [0.1, 0.15) is 76.7 Å². The van der Waals surface area contributed by atoms with Gasteiger partial charge in [-0.05, 0) is 12.0 Å². The fourth-order valence-corrected chi connectivity index (χ4v) is 2.40. The van der Waals surface area contributed by atoms with Crippen molar-refractivity contribution in [2.24, 2.45) is 0 Å². The third-order valence-electron chi connectivity index (χ3n) is 3.81. The van der Waals surface area contributed by atoms with Gasteiger partial charge < -0.3 is 0 Å². The Morgan fingerprint density at radius 2 is 1.53 bits per heavy atom. The molecule has 0 saturated heterocycles. The van der Waals surface area contributed by atoms with E-state index in [1.807, 2.05) is 37.3 Å². The minimum Gasteiger partial charge on any atom is -0.299 e. The molecule has 1 aromatic rings. The van der Waals surface area contributed by atoms with Crippen molar-refractivity contribution >= 4 is 5.78 Å². The van der Waals surface area contributed by atoms with Crippen LogP contribution >= 0.6 is 0 Å². The number of benzene rings is 1. The van der Waals surface area contributed by atoms with Crippen LogP contribution in [-0.2, 0) is 4.79 Å². The first-order valence-electron chi connectivity index (χ1n) is 7.83. The average molecular weight is 260 g/mol. The first kappa shape index (κ1) is 15.9. The zero-order valence-electron chi connectivity index (χ0n) is 12.5. The Morgan fingerprint density at radius 3 is 2.16 bits per heavy atom. The van der Waals surface area contributed by atoms with Crippen molar-refractivity contribution in [2.75, 3.05) is 0 Å². The van der Waals surface area contributed by atoms with Crippen molar-refractivity contribution in [3.63, 3.8) is 0 Å². The molecule has 0 aromatic heterocycles. The lowest BCUT2D eigenvalue weighted by Crippen LogP contribution is -2.08. The molecule has 0 bridgehead atoms. The molecule has 0 aliphatic rings. The molecular weight excluding hydrogens is 232 g/mol. The van der Waals surface area contributed by atoms with Gasteiger partial charge in [0.25, 0.3) is 0 Å². The van der Waals surface area contributed by atoms with E-state index >= 15 is 0 Å². The molecule has 1 nitrogen and oxygen atoms in total. The van der Waals surface area contributed by atoms with Gasteiger partial charge >= 0.3 is 0 Å². The van der Waals surface area contributed by atoms with Gasteiger partial charge in [-0.2, -0.15) is 0 Å². The number of carbonyl (C=O) groups is 1. The molecule has 1 atom stereocenters. The third kappa shape index (κ3) is 6.56. The first-order chi connectivity index (χ1) is 9.25. The van der Waals surface area contributed by atoms with Gasteiger partial charge in [0.05, 0.1) is 0 Å². The van der Waals surface area contributed by atoms with Crippen LogP contribution in [-0.4, -0.2) is 5.78 Å². The van der Waals surface area contributed by atoms with E-state index in [0.717, 1.165) is 18.4 Å². The van der Waals surface area contributed by atoms with Crippen molar-refractivity contribution < 1.29 is 4.79 Å². The highest BCUT2D eigenvalue weighted by Gasteiger charge is 2.13. The standard InChI is InChI=1S/C18H28O/c1-3-4-5-6-7-8-12-15-18(19)16(2)17-13-10-9-11-14-17/h9-11,13-14,16H,3-8,12,15H2,1-2H3. The van der Waals surface area contributed by atoms with Gasteiger partial charge in [-0.3, -0.25) is 4.79 Å². The minimum atomic E-state index is 0.0568. The Hall–Kier alpha value is -1.11. The van der Waals surface area contributed by atoms with Gasteiger partial charge in [0.1, 0.15) is 5.78 Å². The Morgan fingerprint density at radius 1 is 0.947 bits per heavy atom. The van der Waals surface area contributed by atoms with Crippen molar-refractivity contribution in [1.29, 1.82) is 0 Å². The summed E-state index contributed by atoms with van der Waals surface area (Å²) in [5.41, 5.74) is 1.15. The molecule has 1 heteroatoms. The molecule has 0 aliphatic heterocycles. The summed E-state index contributed by atoms with van der Waals surface area (Å²) in [4.78, 5) is 12.1. The van der Waals surface area contributed by atoms with Crippen molar-refractivity contribution in [2.45, 2.75) is 71.1 Å². The molecule has 19 heavy (non-hydrogen) atoms. The van der Waals surface area contributed by atoms with Crippen molar-refractivity contribution in [3.05, 3.63) is 35.9 Å². The summed E-state index contributed by atoms with van der Waals surface area (Å²) in [6, 6.07) is 10.1. The summed E-state index contributed by atoms with van der Waals surface area (Å²) in [6.45, 7) is 4.27. The summed E-state index contributed by atoms with van der Waals surface area (Å²) in [7, 11) is 0. The predicted octanol–water partition coefficient (Wildman–Crippen LogP) is 5.50. The maximum absolute atomic E-state index is 12.1. The Kier molecular flexibility index (Phi) is 8.20. The molecule has 106 valence electrons. The molecule has 0 spiro atoms. The lowest BCUT2D eigenvalue weighted by Gasteiger charge is -2.10. The predicted molar refractivity (Wildman–Crippen MR) is 82.5 cm³/mol. The smallest absolute Gasteiger partial charge is 0.140 e. The van der Waals surface area contributed by atoms with E-state index < -0.39 is 0 Å². The monoisotopic (exact) mass is 260 g/mol. The van der Waals surface area contributed by atoms with Crippen molar-refractivity contribution in [1.82, 2.24) is 0 Å². The molecule has 1 rings (SSSR count). The van der Waals surface area contributed by atoms with Crippen LogP contribution in [0.15, 0.2) is 30.3 Å². The van der Waals surface area contributed by atoms with Crippen molar-refractivity contribution in [3.8, 4) is 0 Å². The number of hydrogen-bond donors (Lipinski definition) is 0. The van der Waals surface area contributed by atoms with Gasteiger partial charge in [-0.15, -0.1) is 0 Å². The highest BCUT2D eigenvalue weighted by atomic mass is 16.1. The molecule has 0 radical (unpaired) electrons. The Balaban J connectivity index is 2.14. The summed E-state index contributed by atoms with van der Waals surface area (Å²) >= 11 is 0. The number of hydrogen-bond acceptors (Lipinski definition) is 1. The minimum absolute atomic E-state index is 0.0568. The topological polar surface area (TPSA) is 17.1 Å². The first-order valence-corrected chi connectivity index (χ1v) is 7.83. The van der Waals surface area contributed by atoms with E-state index in [4.69, 9.17) is 0 Å². The largest absolute Gasteiger partial charge is 0.299 e. The van der Waals surface area contributed by atoms with Crippen LogP contribution in [0.5, 0.6) is 0 Å². The quantitative estimate of drug-likeness (QED) is 0.508. The SMILES string of the molecule is CCCCCCCCCC(=O)C(C)c1ccccc1. The number of ketones is 1. The summed E-state index contributed by atoms with van der Waals surface area (Å²) in [5.74, 6) is 0.445. The molecule has 0 saturated carbocycles. The highest BCUT2D eigenvalue weighted by Crippen LogP contribution is 2.19. The van der Waals surface area contributed by atoms with E-state index in [1.165, 1.54) is 38.5 Å². The van der Waals surface area contributed by atoms with Gasteiger partial charge in [-0.25, -0.2) is 0 Å². The van der Waals surface area contributed by atoms with E-state index in [0.29, 0.717) is 5.78 Å². The van der Waals surface area contributed by atoms with Crippen LogP contribution in [0.3, 0.4) is 0 Å².